The fraction of sp³-hybridized carbons (Fsp3) is 0.467. The minimum absolute atomic E-state index is 0.0153. The zero-order valence-electron chi connectivity index (χ0n) is 11.9. The van der Waals surface area contributed by atoms with Crippen molar-refractivity contribution in [2.24, 2.45) is 11.7 Å². The fourth-order valence-electron chi connectivity index (χ4n) is 2.06. The molecule has 4 nitrogen and oxygen atoms in total. The lowest BCUT2D eigenvalue weighted by atomic mass is 10.1. The molecule has 0 radical (unpaired) electrons. The molecule has 0 aliphatic rings. The van der Waals surface area contributed by atoms with E-state index in [4.69, 9.17) is 5.73 Å². The van der Waals surface area contributed by atoms with Crippen LogP contribution in [0.4, 0.5) is 4.39 Å². The lowest BCUT2D eigenvalue weighted by molar-refractivity contribution is -0.122. The number of nitrogens with two attached hydrogens (primary N) is 1. The van der Waals surface area contributed by atoms with Crippen molar-refractivity contribution in [1.82, 2.24) is 4.90 Å². The van der Waals surface area contributed by atoms with Crippen molar-refractivity contribution in [2.75, 3.05) is 19.6 Å². The molecule has 1 aromatic rings. The highest BCUT2D eigenvalue weighted by Gasteiger charge is 2.14. The molecule has 1 rings (SSSR count). The second-order valence-corrected chi connectivity index (χ2v) is 5.37. The van der Waals surface area contributed by atoms with E-state index in [0.29, 0.717) is 12.5 Å². The topological polar surface area (TPSA) is 63.4 Å². The van der Waals surface area contributed by atoms with E-state index >= 15 is 0 Å². The summed E-state index contributed by atoms with van der Waals surface area (Å²) in [7, 11) is 0. The number of primary amides is 1. The molecule has 0 bridgehead atoms. The van der Waals surface area contributed by atoms with Crippen LogP contribution < -0.4 is 5.73 Å². The number of carbonyl (C=O) groups is 2. The van der Waals surface area contributed by atoms with Crippen molar-refractivity contribution < 1.29 is 14.0 Å². The molecule has 0 aliphatic heterocycles. The maximum absolute atomic E-state index is 12.8. The molecular weight excluding hydrogens is 259 g/mol. The quantitative estimate of drug-likeness (QED) is 0.782. The fourth-order valence-corrected chi connectivity index (χ4v) is 2.06. The Morgan fingerprint density at radius 2 is 1.80 bits per heavy atom. The Morgan fingerprint density at radius 3 is 2.30 bits per heavy atom. The summed E-state index contributed by atoms with van der Waals surface area (Å²) in [6.07, 6.45) is 0.230. The lowest BCUT2D eigenvalue weighted by Gasteiger charge is -2.21. The van der Waals surface area contributed by atoms with E-state index in [1.165, 1.54) is 12.1 Å². The van der Waals surface area contributed by atoms with Gasteiger partial charge in [0.25, 0.3) is 0 Å². The van der Waals surface area contributed by atoms with Gasteiger partial charge in [0, 0.05) is 13.0 Å². The minimum atomic E-state index is -0.444. The van der Waals surface area contributed by atoms with Gasteiger partial charge in [-0.2, -0.15) is 0 Å². The number of hydrogen-bond donors (Lipinski definition) is 1. The highest BCUT2D eigenvalue weighted by atomic mass is 19.1. The molecule has 2 N–H and O–H groups in total. The summed E-state index contributed by atoms with van der Waals surface area (Å²) in [6, 6.07) is 5.85. The minimum Gasteiger partial charge on any atom is -0.369 e. The van der Waals surface area contributed by atoms with Gasteiger partial charge in [-0.05, 0) is 23.6 Å². The first kappa shape index (κ1) is 16.3. The Hall–Kier alpha value is -1.75. The summed E-state index contributed by atoms with van der Waals surface area (Å²) in [6.45, 7) is 4.92. The molecule has 0 heterocycles. The van der Waals surface area contributed by atoms with Gasteiger partial charge in [0.1, 0.15) is 5.82 Å². The first-order chi connectivity index (χ1) is 9.36. The van der Waals surface area contributed by atoms with Crippen LogP contribution in [-0.4, -0.2) is 36.2 Å². The van der Waals surface area contributed by atoms with Crippen LogP contribution in [0.2, 0.25) is 0 Å². The van der Waals surface area contributed by atoms with E-state index in [1.54, 1.807) is 17.0 Å². The summed E-state index contributed by atoms with van der Waals surface area (Å²) in [5.41, 5.74) is 5.94. The average molecular weight is 280 g/mol. The standard InChI is InChI=1S/C15H21FN2O2/c1-11(2)8-18(10-15(17)20)9-14(19)7-12-3-5-13(16)6-4-12/h3-6,11H,7-10H2,1-2H3,(H2,17,20). The predicted molar refractivity (Wildman–Crippen MR) is 75.6 cm³/mol. The average Bonchev–Trinajstić information content (AvgIpc) is 2.30. The number of hydrogen-bond acceptors (Lipinski definition) is 3. The second kappa shape index (κ2) is 7.75. The summed E-state index contributed by atoms with van der Waals surface area (Å²) in [5, 5.41) is 0. The molecule has 5 heteroatoms. The van der Waals surface area contributed by atoms with Gasteiger partial charge < -0.3 is 5.73 Å². The van der Waals surface area contributed by atoms with Crippen LogP contribution in [0, 0.1) is 11.7 Å². The van der Waals surface area contributed by atoms with Crippen molar-refractivity contribution in [3.63, 3.8) is 0 Å². The molecule has 0 unspecified atom stereocenters. The Kier molecular flexibility index (Phi) is 6.31. The third kappa shape index (κ3) is 6.43. The van der Waals surface area contributed by atoms with E-state index < -0.39 is 5.91 Å². The Morgan fingerprint density at radius 1 is 1.20 bits per heavy atom. The largest absolute Gasteiger partial charge is 0.369 e. The van der Waals surface area contributed by atoms with Crippen LogP contribution >= 0.6 is 0 Å². The van der Waals surface area contributed by atoms with Crippen molar-refractivity contribution in [3.8, 4) is 0 Å². The van der Waals surface area contributed by atoms with E-state index in [1.807, 2.05) is 13.8 Å². The highest BCUT2D eigenvalue weighted by molar-refractivity contribution is 5.83. The van der Waals surface area contributed by atoms with Gasteiger partial charge in [-0.15, -0.1) is 0 Å². The zero-order valence-corrected chi connectivity index (χ0v) is 11.9. The molecule has 0 aromatic heterocycles. The number of amides is 1. The molecule has 0 saturated carbocycles. The number of ketones is 1. The first-order valence-corrected chi connectivity index (χ1v) is 6.63. The van der Waals surface area contributed by atoms with Gasteiger partial charge in [0.2, 0.25) is 5.91 Å². The van der Waals surface area contributed by atoms with Crippen LogP contribution in [0.3, 0.4) is 0 Å². The van der Waals surface area contributed by atoms with Crippen LogP contribution in [0.5, 0.6) is 0 Å². The van der Waals surface area contributed by atoms with E-state index in [9.17, 15) is 14.0 Å². The third-order valence-corrected chi connectivity index (χ3v) is 2.72. The van der Waals surface area contributed by atoms with Gasteiger partial charge in [-0.1, -0.05) is 26.0 Å². The maximum Gasteiger partial charge on any atom is 0.231 e. The van der Waals surface area contributed by atoms with Gasteiger partial charge in [0.05, 0.1) is 13.1 Å². The van der Waals surface area contributed by atoms with Gasteiger partial charge >= 0.3 is 0 Å². The summed E-state index contributed by atoms with van der Waals surface area (Å²) in [4.78, 5) is 24.7. The molecule has 20 heavy (non-hydrogen) atoms. The molecule has 0 aliphatic carbocycles. The van der Waals surface area contributed by atoms with E-state index in [-0.39, 0.29) is 31.1 Å². The number of rotatable bonds is 8. The maximum atomic E-state index is 12.8. The summed E-state index contributed by atoms with van der Waals surface area (Å²) < 4.78 is 12.8. The van der Waals surface area contributed by atoms with E-state index in [0.717, 1.165) is 5.56 Å². The van der Waals surface area contributed by atoms with Crippen molar-refractivity contribution in [1.29, 1.82) is 0 Å². The molecule has 110 valence electrons. The molecule has 0 saturated heterocycles. The van der Waals surface area contributed by atoms with Gasteiger partial charge in [0.15, 0.2) is 5.78 Å². The van der Waals surface area contributed by atoms with Gasteiger partial charge in [-0.25, -0.2) is 4.39 Å². The molecule has 1 amide bonds. The molecule has 0 atom stereocenters. The molecule has 0 fully saturated rings. The third-order valence-electron chi connectivity index (χ3n) is 2.72. The SMILES string of the molecule is CC(C)CN(CC(N)=O)CC(=O)Cc1ccc(F)cc1. The van der Waals surface area contributed by atoms with Crippen molar-refractivity contribution in [3.05, 3.63) is 35.6 Å². The number of benzene rings is 1. The Labute approximate surface area is 118 Å². The predicted octanol–water partition coefficient (Wildman–Crippen LogP) is 1.38. The Balaban J connectivity index is 2.56. The van der Waals surface area contributed by atoms with Crippen LogP contribution in [0.25, 0.3) is 0 Å². The Bertz CT molecular complexity index is 457. The van der Waals surface area contributed by atoms with Crippen molar-refractivity contribution >= 4 is 11.7 Å². The lowest BCUT2D eigenvalue weighted by Crippen LogP contribution is -2.39. The second-order valence-electron chi connectivity index (χ2n) is 5.37. The van der Waals surface area contributed by atoms with Crippen LogP contribution in [0.15, 0.2) is 24.3 Å². The van der Waals surface area contributed by atoms with Crippen LogP contribution in [-0.2, 0) is 16.0 Å². The normalized spacial score (nSPS) is 11.1. The summed E-state index contributed by atoms with van der Waals surface area (Å²) >= 11 is 0. The van der Waals surface area contributed by atoms with Crippen molar-refractivity contribution in [2.45, 2.75) is 20.3 Å². The summed E-state index contributed by atoms with van der Waals surface area (Å²) in [5.74, 6) is -0.442. The number of nitrogens with zero attached hydrogens (tertiary/aromatic N) is 1. The molecular formula is C15H21FN2O2. The molecule has 1 aromatic carbocycles. The number of carbonyl (C=O) groups excluding carboxylic acids is 2. The monoisotopic (exact) mass is 280 g/mol. The molecule has 0 spiro atoms. The smallest absolute Gasteiger partial charge is 0.231 e. The number of Topliss-reactive ketones (excluding diaryl/α,β-unsaturated/α-hetero) is 1. The van der Waals surface area contributed by atoms with Gasteiger partial charge in [-0.3, -0.25) is 14.5 Å². The highest BCUT2D eigenvalue weighted by Crippen LogP contribution is 2.05. The number of halogens is 1. The zero-order chi connectivity index (χ0) is 15.1. The first-order valence-electron chi connectivity index (χ1n) is 6.63. The van der Waals surface area contributed by atoms with E-state index in [2.05, 4.69) is 0 Å². The van der Waals surface area contributed by atoms with Crippen LogP contribution in [0.1, 0.15) is 19.4 Å².